The average Bonchev–Trinajstić information content (AvgIpc) is 2.81. The van der Waals surface area contributed by atoms with Gasteiger partial charge in [-0.2, -0.15) is 13.2 Å². The van der Waals surface area contributed by atoms with Crippen molar-refractivity contribution in [1.29, 1.82) is 0 Å². The van der Waals surface area contributed by atoms with E-state index in [4.69, 9.17) is 0 Å². The molecule has 1 aliphatic heterocycles. The van der Waals surface area contributed by atoms with Crippen LogP contribution in [0.1, 0.15) is 22.3 Å². The number of alkyl halides is 3. The van der Waals surface area contributed by atoms with Gasteiger partial charge in [0.25, 0.3) is 5.91 Å². The fourth-order valence-corrected chi connectivity index (χ4v) is 2.40. The number of hydrogen-bond donors (Lipinski definition) is 1. The zero-order valence-corrected chi connectivity index (χ0v) is 11.5. The van der Waals surface area contributed by atoms with E-state index >= 15 is 0 Å². The summed E-state index contributed by atoms with van der Waals surface area (Å²) in [7, 11) is 1.95. The molecule has 0 aliphatic carbocycles. The SMILES string of the molecule is CN1CCC(CNC(=O)c2cc(C(F)(F)F)ccc2F)C1. The zero-order valence-electron chi connectivity index (χ0n) is 11.5. The topological polar surface area (TPSA) is 32.3 Å². The lowest BCUT2D eigenvalue weighted by Crippen LogP contribution is -2.31. The van der Waals surface area contributed by atoms with E-state index in [9.17, 15) is 22.4 Å². The molecule has 0 bridgehead atoms. The lowest BCUT2D eigenvalue weighted by molar-refractivity contribution is -0.137. The molecule has 1 aromatic carbocycles. The molecule has 116 valence electrons. The molecule has 0 saturated carbocycles. The molecule has 1 aromatic rings. The summed E-state index contributed by atoms with van der Waals surface area (Å²) in [6, 6.07) is 1.84. The molecule has 1 unspecified atom stereocenters. The van der Waals surface area contributed by atoms with Crippen molar-refractivity contribution in [3.05, 3.63) is 35.1 Å². The van der Waals surface area contributed by atoms with Crippen molar-refractivity contribution in [1.82, 2.24) is 10.2 Å². The molecule has 1 fully saturated rings. The van der Waals surface area contributed by atoms with Gasteiger partial charge in [-0.3, -0.25) is 4.79 Å². The first-order valence-corrected chi connectivity index (χ1v) is 6.61. The van der Waals surface area contributed by atoms with Crippen molar-refractivity contribution in [2.45, 2.75) is 12.6 Å². The maximum absolute atomic E-state index is 13.5. The van der Waals surface area contributed by atoms with Gasteiger partial charge in [0.05, 0.1) is 11.1 Å². The van der Waals surface area contributed by atoms with Gasteiger partial charge >= 0.3 is 6.18 Å². The fraction of sp³-hybridized carbons (Fsp3) is 0.500. The van der Waals surface area contributed by atoms with E-state index in [2.05, 4.69) is 10.2 Å². The Morgan fingerprint density at radius 3 is 2.71 bits per heavy atom. The second-order valence-corrected chi connectivity index (χ2v) is 5.32. The molecule has 21 heavy (non-hydrogen) atoms. The number of amides is 1. The minimum absolute atomic E-state index is 0.243. The number of nitrogens with one attached hydrogen (secondary N) is 1. The number of nitrogens with zero attached hydrogens (tertiary/aromatic N) is 1. The van der Waals surface area contributed by atoms with Crippen LogP contribution >= 0.6 is 0 Å². The summed E-state index contributed by atoms with van der Waals surface area (Å²) < 4.78 is 51.3. The number of benzene rings is 1. The van der Waals surface area contributed by atoms with Gasteiger partial charge in [0.15, 0.2) is 0 Å². The quantitative estimate of drug-likeness (QED) is 0.870. The molecule has 3 nitrogen and oxygen atoms in total. The van der Waals surface area contributed by atoms with E-state index < -0.39 is 29.0 Å². The van der Waals surface area contributed by atoms with Gasteiger partial charge in [0.1, 0.15) is 5.82 Å². The van der Waals surface area contributed by atoms with Crippen molar-refractivity contribution >= 4 is 5.91 Å². The first kappa shape index (κ1) is 15.8. The van der Waals surface area contributed by atoms with Crippen LogP contribution in [-0.4, -0.2) is 37.5 Å². The van der Waals surface area contributed by atoms with Gasteiger partial charge in [-0.1, -0.05) is 0 Å². The van der Waals surface area contributed by atoms with Crippen LogP contribution in [0.4, 0.5) is 17.6 Å². The largest absolute Gasteiger partial charge is 0.416 e. The molecule has 1 heterocycles. The van der Waals surface area contributed by atoms with Crippen molar-refractivity contribution < 1.29 is 22.4 Å². The molecule has 7 heteroatoms. The first-order chi connectivity index (χ1) is 9.77. The molecule has 1 saturated heterocycles. The van der Waals surface area contributed by atoms with E-state index in [1.165, 1.54) is 0 Å². The third-order valence-electron chi connectivity index (χ3n) is 3.58. The van der Waals surface area contributed by atoms with Crippen molar-refractivity contribution in [2.24, 2.45) is 5.92 Å². The normalized spacial score (nSPS) is 19.8. The van der Waals surface area contributed by atoms with E-state index in [1.807, 2.05) is 7.05 Å². The fourth-order valence-electron chi connectivity index (χ4n) is 2.40. The van der Waals surface area contributed by atoms with Crippen LogP contribution in [0.5, 0.6) is 0 Å². The summed E-state index contributed by atoms with van der Waals surface area (Å²) in [6.45, 7) is 2.06. The monoisotopic (exact) mass is 304 g/mol. The summed E-state index contributed by atoms with van der Waals surface area (Å²) in [6.07, 6.45) is -3.70. The van der Waals surface area contributed by atoms with Crippen LogP contribution < -0.4 is 5.32 Å². The second-order valence-electron chi connectivity index (χ2n) is 5.32. The summed E-state index contributed by atoms with van der Waals surface area (Å²) in [4.78, 5) is 13.9. The number of hydrogen-bond acceptors (Lipinski definition) is 2. The number of rotatable bonds is 3. The number of likely N-dealkylation sites (tertiary alicyclic amines) is 1. The van der Waals surface area contributed by atoms with Crippen molar-refractivity contribution in [2.75, 3.05) is 26.7 Å². The van der Waals surface area contributed by atoms with E-state index in [1.54, 1.807) is 0 Å². The summed E-state index contributed by atoms with van der Waals surface area (Å²) >= 11 is 0. The molecule has 1 amide bonds. The van der Waals surface area contributed by atoms with Gasteiger partial charge in [0, 0.05) is 13.1 Å². The Balaban J connectivity index is 2.04. The van der Waals surface area contributed by atoms with E-state index in [-0.39, 0.29) is 5.92 Å². The highest BCUT2D eigenvalue weighted by Crippen LogP contribution is 2.30. The molecular formula is C14H16F4N2O. The highest BCUT2D eigenvalue weighted by Gasteiger charge is 2.32. The van der Waals surface area contributed by atoms with Gasteiger partial charge in [0.2, 0.25) is 0 Å². The molecule has 0 spiro atoms. The summed E-state index contributed by atoms with van der Waals surface area (Å²) in [5.74, 6) is -1.52. The molecule has 1 N–H and O–H groups in total. The highest BCUT2D eigenvalue weighted by molar-refractivity contribution is 5.94. The predicted molar refractivity (Wildman–Crippen MR) is 69.3 cm³/mol. The van der Waals surface area contributed by atoms with Crippen LogP contribution in [0.15, 0.2) is 18.2 Å². The lowest BCUT2D eigenvalue weighted by Gasteiger charge is -2.13. The van der Waals surface area contributed by atoms with Crippen LogP contribution in [-0.2, 0) is 6.18 Å². The summed E-state index contributed by atoms with van der Waals surface area (Å²) in [5.41, 5.74) is -1.61. The molecule has 1 aliphatic rings. The van der Waals surface area contributed by atoms with Gasteiger partial charge in [-0.25, -0.2) is 4.39 Å². The maximum Gasteiger partial charge on any atom is 0.416 e. The third-order valence-corrected chi connectivity index (χ3v) is 3.58. The van der Waals surface area contributed by atoms with Gasteiger partial charge in [-0.05, 0) is 44.1 Å². The molecule has 0 radical (unpaired) electrons. The van der Waals surface area contributed by atoms with E-state index in [0.29, 0.717) is 24.7 Å². The van der Waals surface area contributed by atoms with Gasteiger partial charge in [-0.15, -0.1) is 0 Å². The standard InChI is InChI=1S/C14H16F4N2O/c1-20-5-4-9(8-20)7-19-13(21)11-6-10(14(16,17)18)2-3-12(11)15/h2-3,6,9H,4-5,7-8H2,1H3,(H,19,21). The maximum atomic E-state index is 13.5. The number of carbonyl (C=O) groups excluding carboxylic acids is 1. The van der Waals surface area contributed by atoms with E-state index in [0.717, 1.165) is 19.5 Å². The Labute approximate surface area is 119 Å². The second kappa shape index (κ2) is 6.01. The Kier molecular flexibility index (Phi) is 4.51. The number of halogens is 4. The predicted octanol–water partition coefficient (Wildman–Crippen LogP) is 2.53. The lowest BCUT2D eigenvalue weighted by atomic mass is 10.1. The first-order valence-electron chi connectivity index (χ1n) is 6.61. The zero-order chi connectivity index (χ0) is 15.6. The minimum Gasteiger partial charge on any atom is -0.352 e. The Bertz CT molecular complexity index is 530. The van der Waals surface area contributed by atoms with Crippen LogP contribution in [0.2, 0.25) is 0 Å². The molecule has 1 atom stereocenters. The van der Waals surface area contributed by atoms with Crippen LogP contribution in [0.3, 0.4) is 0 Å². The van der Waals surface area contributed by atoms with Gasteiger partial charge < -0.3 is 10.2 Å². The Hall–Kier alpha value is -1.63. The van der Waals surface area contributed by atoms with Crippen LogP contribution in [0, 0.1) is 11.7 Å². The summed E-state index contributed by atoms with van der Waals surface area (Å²) in [5, 5.41) is 2.51. The number of carbonyl (C=O) groups is 1. The Morgan fingerprint density at radius 2 is 2.14 bits per heavy atom. The molecule has 2 rings (SSSR count). The average molecular weight is 304 g/mol. The van der Waals surface area contributed by atoms with Crippen molar-refractivity contribution in [3.8, 4) is 0 Å². The Morgan fingerprint density at radius 1 is 1.43 bits per heavy atom. The van der Waals surface area contributed by atoms with Crippen molar-refractivity contribution in [3.63, 3.8) is 0 Å². The van der Waals surface area contributed by atoms with Crippen LogP contribution in [0.25, 0.3) is 0 Å². The molecule has 0 aromatic heterocycles. The molecular weight excluding hydrogens is 288 g/mol. The third kappa shape index (κ3) is 3.93. The minimum atomic E-state index is -4.60. The smallest absolute Gasteiger partial charge is 0.352 e. The highest BCUT2D eigenvalue weighted by atomic mass is 19.4.